The first-order chi connectivity index (χ1) is 19.7. The molecule has 0 unspecified atom stereocenters. The van der Waals surface area contributed by atoms with Gasteiger partial charge in [-0.2, -0.15) is 0 Å². The summed E-state index contributed by atoms with van der Waals surface area (Å²) < 4.78 is 7.26. The number of carbonyl (C=O) groups excluding carboxylic acids is 1. The zero-order valence-corrected chi connectivity index (χ0v) is 23.6. The van der Waals surface area contributed by atoms with Gasteiger partial charge in [-0.1, -0.05) is 79.8 Å². The Labute approximate surface area is 240 Å². The lowest BCUT2D eigenvalue weighted by Gasteiger charge is -2.25. The summed E-state index contributed by atoms with van der Waals surface area (Å²) in [4.78, 5) is 43.5. The van der Waals surface area contributed by atoms with Gasteiger partial charge in [-0.3, -0.25) is 14.2 Å². The molecule has 1 aliphatic rings. The molecular formula is C32H29N3O5S. The molecule has 8 nitrogen and oxygen atoms in total. The van der Waals surface area contributed by atoms with E-state index in [-0.39, 0.29) is 11.5 Å². The summed E-state index contributed by atoms with van der Waals surface area (Å²) in [6.45, 7) is 5.59. The van der Waals surface area contributed by atoms with Crippen molar-refractivity contribution in [3.8, 4) is 5.75 Å². The fourth-order valence-corrected chi connectivity index (χ4v) is 5.71. The van der Waals surface area contributed by atoms with Gasteiger partial charge in [0.1, 0.15) is 5.75 Å². The summed E-state index contributed by atoms with van der Waals surface area (Å²) >= 11 is 1.26. The molecule has 1 aliphatic heterocycles. The Kier molecular flexibility index (Phi) is 7.98. The van der Waals surface area contributed by atoms with E-state index in [1.807, 2.05) is 54.6 Å². The van der Waals surface area contributed by atoms with Crippen LogP contribution in [0, 0.1) is 0 Å². The fraction of sp³-hybridized carbons (Fsp3) is 0.188. The molecule has 3 aromatic carbocycles. The van der Waals surface area contributed by atoms with Crippen molar-refractivity contribution < 1.29 is 19.4 Å². The van der Waals surface area contributed by atoms with E-state index in [9.17, 15) is 14.4 Å². The number of ether oxygens (including phenoxy) is 1. The number of nitrogens with zero attached hydrogens (tertiary/aromatic N) is 2. The number of thiazole rings is 1. The van der Waals surface area contributed by atoms with Gasteiger partial charge in [0.25, 0.3) is 11.5 Å². The average molecular weight is 568 g/mol. The SMILES string of the molecule is CC1=C(C(=O)Nc2ccccc2)[C@@H](c2ccc(C(C)C)cc2)n2c(s/c(=C/c3ccc(OCC(=O)O)cc3)c2=O)=N1. The highest BCUT2D eigenvalue weighted by Crippen LogP contribution is 2.31. The van der Waals surface area contributed by atoms with Crippen molar-refractivity contribution in [3.05, 3.63) is 127 Å². The number of fused-ring (bicyclic) bond motifs is 1. The molecular weight excluding hydrogens is 538 g/mol. The number of allylic oxidation sites excluding steroid dienone is 1. The minimum absolute atomic E-state index is 0.254. The van der Waals surface area contributed by atoms with Crippen LogP contribution in [0.2, 0.25) is 0 Å². The van der Waals surface area contributed by atoms with E-state index in [1.54, 1.807) is 41.8 Å². The maximum Gasteiger partial charge on any atom is 0.341 e. The molecule has 9 heteroatoms. The van der Waals surface area contributed by atoms with Crippen LogP contribution >= 0.6 is 11.3 Å². The topological polar surface area (TPSA) is 110 Å². The zero-order chi connectivity index (χ0) is 29.1. The standard InChI is InChI=1S/C32H29N3O5S/c1-19(2)22-11-13-23(14-12-22)29-28(30(38)34-24-7-5-4-6-8-24)20(3)33-32-35(29)31(39)26(41-32)17-21-9-15-25(16-10-21)40-18-27(36)37/h4-17,19,29H,18H2,1-3H3,(H,34,38)(H,36,37)/b26-17+/t29-/m1/s1. The van der Waals surface area contributed by atoms with Crippen molar-refractivity contribution in [2.24, 2.45) is 4.99 Å². The predicted octanol–water partition coefficient (Wildman–Crippen LogP) is 4.46. The van der Waals surface area contributed by atoms with Crippen LogP contribution in [0.5, 0.6) is 5.75 Å². The Morgan fingerprint density at radius 1 is 1.05 bits per heavy atom. The molecule has 2 heterocycles. The Balaban J connectivity index is 1.59. The smallest absolute Gasteiger partial charge is 0.341 e. The van der Waals surface area contributed by atoms with E-state index in [0.717, 1.165) is 16.7 Å². The third-order valence-electron chi connectivity index (χ3n) is 6.76. The second-order valence-electron chi connectivity index (χ2n) is 9.97. The van der Waals surface area contributed by atoms with Crippen molar-refractivity contribution in [1.82, 2.24) is 4.57 Å². The van der Waals surface area contributed by atoms with Crippen LogP contribution in [0.4, 0.5) is 5.69 Å². The Morgan fingerprint density at radius 2 is 1.73 bits per heavy atom. The summed E-state index contributed by atoms with van der Waals surface area (Å²) in [7, 11) is 0. The van der Waals surface area contributed by atoms with Gasteiger partial charge in [0.2, 0.25) is 0 Å². The second kappa shape index (κ2) is 11.8. The largest absolute Gasteiger partial charge is 0.482 e. The van der Waals surface area contributed by atoms with Gasteiger partial charge in [-0.25, -0.2) is 9.79 Å². The van der Waals surface area contributed by atoms with Gasteiger partial charge in [0.15, 0.2) is 11.4 Å². The van der Waals surface area contributed by atoms with E-state index in [2.05, 4.69) is 19.2 Å². The summed E-state index contributed by atoms with van der Waals surface area (Å²) in [5, 5.41) is 11.8. The van der Waals surface area contributed by atoms with E-state index < -0.39 is 18.6 Å². The second-order valence-corrected chi connectivity index (χ2v) is 11.0. The maximum atomic E-state index is 13.9. The lowest BCUT2D eigenvalue weighted by molar-refractivity contribution is -0.139. The van der Waals surface area contributed by atoms with Gasteiger partial charge >= 0.3 is 5.97 Å². The van der Waals surface area contributed by atoms with Crippen molar-refractivity contribution in [2.45, 2.75) is 32.7 Å². The van der Waals surface area contributed by atoms with Crippen LogP contribution in [0.25, 0.3) is 6.08 Å². The van der Waals surface area contributed by atoms with E-state index in [4.69, 9.17) is 14.8 Å². The van der Waals surface area contributed by atoms with Crippen molar-refractivity contribution in [2.75, 3.05) is 11.9 Å². The lowest BCUT2D eigenvalue weighted by atomic mass is 9.93. The van der Waals surface area contributed by atoms with Gasteiger partial charge in [-0.05, 0) is 59.9 Å². The monoisotopic (exact) mass is 567 g/mol. The number of aromatic nitrogens is 1. The molecule has 41 heavy (non-hydrogen) atoms. The summed E-state index contributed by atoms with van der Waals surface area (Å²) in [6, 6.07) is 23.4. The first-order valence-electron chi connectivity index (χ1n) is 13.1. The molecule has 0 fully saturated rings. The molecule has 2 N–H and O–H groups in total. The number of carboxylic acid groups (broad SMARTS) is 1. The Hall–Kier alpha value is -4.76. The minimum Gasteiger partial charge on any atom is -0.482 e. The van der Waals surface area contributed by atoms with Gasteiger partial charge in [-0.15, -0.1) is 0 Å². The molecule has 1 amide bonds. The first-order valence-corrected chi connectivity index (χ1v) is 14.0. The van der Waals surface area contributed by atoms with Crippen LogP contribution in [0.1, 0.15) is 49.4 Å². The molecule has 1 atom stereocenters. The predicted molar refractivity (Wildman–Crippen MR) is 159 cm³/mol. The zero-order valence-electron chi connectivity index (χ0n) is 22.8. The van der Waals surface area contributed by atoms with Crippen LogP contribution in [0.3, 0.4) is 0 Å². The number of para-hydroxylation sites is 1. The number of nitrogens with one attached hydrogen (secondary N) is 1. The number of hydrogen-bond acceptors (Lipinski definition) is 6. The number of aliphatic carboxylic acids is 1. The number of benzene rings is 3. The summed E-state index contributed by atoms with van der Waals surface area (Å²) in [5.74, 6) is -0.622. The molecule has 0 radical (unpaired) electrons. The maximum absolute atomic E-state index is 13.9. The third-order valence-corrected chi connectivity index (χ3v) is 7.74. The number of carbonyl (C=O) groups is 2. The van der Waals surface area contributed by atoms with Crippen LogP contribution in [0.15, 0.2) is 99.9 Å². The molecule has 0 saturated heterocycles. The third kappa shape index (κ3) is 6.05. The number of hydrogen-bond donors (Lipinski definition) is 2. The van der Waals surface area contributed by atoms with E-state index in [0.29, 0.717) is 38.0 Å². The summed E-state index contributed by atoms with van der Waals surface area (Å²) in [6.07, 6.45) is 1.76. The van der Waals surface area contributed by atoms with Gasteiger partial charge in [0, 0.05) is 5.69 Å². The Bertz CT molecular complexity index is 1800. The average Bonchev–Trinajstić information content (AvgIpc) is 3.26. The molecule has 208 valence electrons. The molecule has 1 aromatic heterocycles. The van der Waals surface area contributed by atoms with Gasteiger partial charge < -0.3 is 15.2 Å². The quantitative estimate of drug-likeness (QED) is 0.327. The molecule has 4 aromatic rings. The normalized spacial score (nSPS) is 14.9. The van der Waals surface area contributed by atoms with Gasteiger partial charge in [0.05, 0.1) is 21.8 Å². The molecule has 0 aliphatic carbocycles. The highest BCUT2D eigenvalue weighted by Gasteiger charge is 2.32. The Morgan fingerprint density at radius 3 is 2.37 bits per heavy atom. The summed E-state index contributed by atoms with van der Waals surface area (Å²) in [5.41, 5.74) is 4.07. The van der Waals surface area contributed by atoms with E-state index >= 15 is 0 Å². The van der Waals surface area contributed by atoms with Crippen LogP contribution < -0.4 is 24.9 Å². The number of amides is 1. The molecule has 0 saturated carbocycles. The van der Waals surface area contributed by atoms with E-state index in [1.165, 1.54) is 11.3 Å². The molecule has 5 rings (SSSR count). The van der Waals surface area contributed by atoms with Crippen LogP contribution in [-0.4, -0.2) is 28.2 Å². The minimum atomic E-state index is -1.06. The number of rotatable bonds is 8. The number of anilines is 1. The fourth-order valence-electron chi connectivity index (χ4n) is 4.67. The highest BCUT2D eigenvalue weighted by atomic mass is 32.1. The lowest BCUT2D eigenvalue weighted by Crippen LogP contribution is -2.40. The highest BCUT2D eigenvalue weighted by molar-refractivity contribution is 7.07. The van der Waals surface area contributed by atoms with Crippen molar-refractivity contribution >= 4 is 35.0 Å². The molecule has 0 bridgehead atoms. The first kappa shape index (κ1) is 27.8. The van der Waals surface area contributed by atoms with Crippen molar-refractivity contribution in [3.63, 3.8) is 0 Å². The molecule has 0 spiro atoms. The number of carboxylic acids is 1. The van der Waals surface area contributed by atoms with Crippen molar-refractivity contribution in [1.29, 1.82) is 0 Å². The van der Waals surface area contributed by atoms with Crippen LogP contribution in [-0.2, 0) is 9.59 Å².